The van der Waals surface area contributed by atoms with Gasteiger partial charge >= 0.3 is 29.5 Å². The van der Waals surface area contributed by atoms with Gasteiger partial charge < -0.3 is 38.2 Å². The van der Waals surface area contributed by atoms with Crippen molar-refractivity contribution in [3.05, 3.63) is 12.2 Å². The molecule has 0 fully saturated rings. The molecular weight excluding hydrogens is 288 g/mol. The number of esters is 2. The molecule has 0 atom stereocenters. The van der Waals surface area contributed by atoms with E-state index in [4.69, 9.17) is 28.8 Å². The van der Waals surface area contributed by atoms with E-state index in [2.05, 4.69) is 9.47 Å². The minimum atomic E-state index is -4.50. The van der Waals surface area contributed by atoms with Crippen molar-refractivity contribution in [1.82, 2.24) is 0 Å². The zero-order valence-electron chi connectivity index (χ0n) is 8.89. The van der Waals surface area contributed by atoms with Crippen LogP contribution in [0.5, 0.6) is 0 Å². The fraction of sp³-hybridized carbons (Fsp3) is 0.333. The monoisotopic (exact) mass is 300 g/mol. The molecule has 12 heteroatoms. The third-order valence-corrected chi connectivity index (χ3v) is 2.23. The van der Waals surface area contributed by atoms with Crippen LogP contribution in [-0.4, -0.2) is 70.8 Å². The molecule has 0 aliphatic carbocycles. The first-order valence-electron chi connectivity index (χ1n) is 4.35. The lowest BCUT2D eigenvalue weighted by Gasteiger charge is -2.09. The van der Waals surface area contributed by atoms with Crippen LogP contribution in [-0.2, 0) is 19.1 Å². The van der Waals surface area contributed by atoms with E-state index in [1.54, 1.807) is 0 Å². The fourth-order valence-electron chi connectivity index (χ4n) is 0.568. The van der Waals surface area contributed by atoms with Crippen LogP contribution in [0.2, 0.25) is 0 Å². The Morgan fingerprint density at radius 3 is 1.28 bits per heavy atom. The van der Waals surface area contributed by atoms with Gasteiger partial charge in [0.1, 0.15) is 0 Å². The summed E-state index contributed by atoms with van der Waals surface area (Å²) in [5.74, 6) is -2.30. The second-order valence-corrected chi connectivity index (χ2v) is 6.77. The Labute approximate surface area is 103 Å². The molecule has 0 aromatic heterocycles. The third-order valence-electron chi connectivity index (χ3n) is 1.17. The summed E-state index contributed by atoms with van der Waals surface area (Å²) in [6.07, 6.45) is -0.883. The summed E-state index contributed by atoms with van der Waals surface area (Å²) in [6, 6.07) is 0. The molecule has 0 bridgehead atoms. The van der Waals surface area contributed by atoms with Crippen LogP contribution >= 0.6 is 0 Å². The standard InChI is InChI=1S/C6H12O10Si2/c7-5(15-3-17(9,10)11)1-2-6(8)16-4-18(12,13)14/h1-2,9-14H,3-4H2/b2-1+. The average molecular weight is 300 g/mol. The first kappa shape index (κ1) is 16.9. The lowest BCUT2D eigenvalue weighted by atomic mass is 10.5. The molecule has 6 N–H and O–H groups in total. The number of carbonyl (C=O) groups excluding carboxylic acids is 2. The highest BCUT2D eigenvalue weighted by Gasteiger charge is 2.30. The molecular formula is C6H12O10Si2. The molecule has 0 amide bonds. The molecule has 0 aliphatic heterocycles. The van der Waals surface area contributed by atoms with Gasteiger partial charge in [0, 0.05) is 12.2 Å². The van der Waals surface area contributed by atoms with E-state index in [0.29, 0.717) is 12.2 Å². The minimum absolute atomic E-state index is 0.553. The van der Waals surface area contributed by atoms with Crippen molar-refractivity contribution in [3.8, 4) is 0 Å². The lowest BCUT2D eigenvalue weighted by Crippen LogP contribution is -2.42. The Morgan fingerprint density at radius 2 is 1.06 bits per heavy atom. The van der Waals surface area contributed by atoms with E-state index in [0.717, 1.165) is 0 Å². The summed E-state index contributed by atoms with van der Waals surface area (Å²) in [6.45, 7) is 0. The molecule has 0 saturated heterocycles. The molecule has 0 rings (SSSR count). The summed E-state index contributed by atoms with van der Waals surface area (Å²) >= 11 is 0. The first-order chi connectivity index (χ1) is 7.99. The summed E-state index contributed by atoms with van der Waals surface area (Å²) in [4.78, 5) is 72.6. The van der Waals surface area contributed by atoms with Gasteiger partial charge in [-0.2, -0.15) is 0 Å². The van der Waals surface area contributed by atoms with Crippen LogP contribution in [0.1, 0.15) is 0 Å². The Hall–Kier alpha value is -1.13. The molecule has 0 heterocycles. The molecule has 0 radical (unpaired) electrons. The fourth-order valence-corrected chi connectivity index (χ4v) is 1.24. The van der Waals surface area contributed by atoms with Gasteiger partial charge in [0.05, 0.1) is 0 Å². The summed E-state index contributed by atoms with van der Waals surface area (Å²) in [7, 11) is -9.01. The third kappa shape index (κ3) is 11.4. The Bertz CT molecular complexity index is 294. The number of rotatable bonds is 6. The summed E-state index contributed by atoms with van der Waals surface area (Å²) in [5, 5.41) is 0. The smallest absolute Gasteiger partial charge is 0.458 e. The Balaban J connectivity index is 4.00. The predicted octanol–water partition coefficient (Wildman–Crippen LogP) is -4.46. The number of hydrogen-bond donors (Lipinski definition) is 6. The second-order valence-electron chi connectivity index (χ2n) is 3.10. The maximum Gasteiger partial charge on any atom is 0.532 e. The van der Waals surface area contributed by atoms with Crippen molar-refractivity contribution in [1.29, 1.82) is 0 Å². The van der Waals surface area contributed by atoms with Crippen LogP contribution in [0, 0.1) is 0 Å². The predicted molar refractivity (Wildman–Crippen MR) is 55.9 cm³/mol. The normalized spacial score (nSPS) is 12.6. The first-order valence-corrected chi connectivity index (χ1v) is 8.45. The SMILES string of the molecule is O=C(/C=C/C(=O)OC[Si](O)(O)O)OC[Si](O)(O)O. The molecule has 104 valence electrons. The summed E-state index contributed by atoms with van der Waals surface area (Å²) in [5.41, 5.74) is 0. The van der Waals surface area contributed by atoms with Crippen LogP contribution in [0.25, 0.3) is 0 Å². The summed E-state index contributed by atoms with van der Waals surface area (Å²) < 4.78 is 8.28. The van der Waals surface area contributed by atoms with Crippen LogP contribution < -0.4 is 0 Å². The van der Waals surface area contributed by atoms with Gasteiger partial charge in [0.2, 0.25) is 0 Å². The molecule has 0 unspecified atom stereocenters. The van der Waals surface area contributed by atoms with E-state index in [-0.39, 0.29) is 0 Å². The van der Waals surface area contributed by atoms with Gasteiger partial charge in [0.15, 0.2) is 12.5 Å². The van der Waals surface area contributed by atoms with Crippen LogP contribution in [0.15, 0.2) is 12.2 Å². The highest BCUT2D eigenvalue weighted by Crippen LogP contribution is 1.92. The zero-order valence-corrected chi connectivity index (χ0v) is 10.9. The van der Waals surface area contributed by atoms with Gasteiger partial charge in [-0.25, -0.2) is 9.59 Å². The molecule has 0 spiro atoms. The Morgan fingerprint density at radius 1 is 0.778 bits per heavy atom. The van der Waals surface area contributed by atoms with Crippen molar-refractivity contribution in [3.63, 3.8) is 0 Å². The molecule has 0 aromatic rings. The maximum atomic E-state index is 10.8. The number of carbonyl (C=O) groups is 2. The average Bonchev–Trinajstić information content (AvgIpc) is 2.18. The largest absolute Gasteiger partial charge is 0.532 e. The van der Waals surface area contributed by atoms with Gasteiger partial charge in [0.25, 0.3) is 0 Å². The minimum Gasteiger partial charge on any atom is -0.458 e. The van der Waals surface area contributed by atoms with E-state index >= 15 is 0 Å². The topological polar surface area (TPSA) is 174 Å². The zero-order chi connectivity index (χ0) is 14.4. The van der Waals surface area contributed by atoms with Crippen LogP contribution in [0.4, 0.5) is 0 Å². The second kappa shape index (κ2) is 6.71. The molecule has 0 aromatic carbocycles. The van der Waals surface area contributed by atoms with E-state index in [9.17, 15) is 9.59 Å². The molecule has 0 saturated carbocycles. The van der Waals surface area contributed by atoms with Crippen molar-refractivity contribution in [2.24, 2.45) is 0 Å². The quantitative estimate of drug-likeness (QED) is 0.159. The lowest BCUT2D eigenvalue weighted by molar-refractivity contribution is -0.139. The van der Waals surface area contributed by atoms with Gasteiger partial charge in [-0.05, 0) is 0 Å². The van der Waals surface area contributed by atoms with E-state index in [1.807, 2.05) is 0 Å². The molecule has 10 nitrogen and oxygen atoms in total. The number of hydrogen-bond acceptors (Lipinski definition) is 10. The number of ether oxygens (including phenoxy) is 2. The van der Waals surface area contributed by atoms with Crippen molar-refractivity contribution in [2.45, 2.75) is 0 Å². The van der Waals surface area contributed by atoms with E-state index in [1.165, 1.54) is 0 Å². The van der Waals surface area contributed by atoms with Crippen molar-refractivity contribution in [2.75, 3.05) is 12.5 Å². The van der Waals surface area contributed by atoms with E-state index < -0.39 is 42.0 Å². The molecule has 18 heavy (non-hydrogen) atoms. The van der Waals surface area contributed by atoms with Crippen molar-refractivity contribution >= 4 is 29.5 Å². The van der Waals surface area contributed by atoms with Gasteiger partial charge in [-0.1, -0.05) is 0 Å². The van der Waals surface area contributed by atoms with Crippen LogP contribution in [0.3, 0.4) is 0 Å². The Kier molecular flexibility index (Phi) is 6.29. The molecule has 0 aliphatic rings. The van der Waals surface area contributed by atoms with Gasteiger partial charge in [-0.15, -0.1) is 0 Å². The highest BCUT2D eigenvalue weighted by atomic mass is 28.4. The van der Waals surface area contributed by atoms with Crippen molar-refractivity contribution < 1.29 is 47.8 Å². The highest BCUT2D eigenvalue weighted by molar-refractivity contribution is 6.56. The maximum absolute atomic E-state index is 10.8. The van der Waals surface area contributed by atoms with Gasteiger partial charge in [-0.3, -0.25) is 0 Å².